The number of anilines is 1. The van der Waals surface area contributed by atoms with E-state index in [0.29, 0.717) is 50.1 Å². The molecule has 1 amide bonds. The summed E-state index contributed by atoms with van der Waals surface area (Å²) < 4.78 is 38.7. The SMILES string of the molecule is CC(CC(=O)N1CCN(c2cccc(C(F)(F)F)c2)CC1)C1CCCNC1. The summed E-state index contributed by atoms with van der Waals surface area (Å²) in [6.07, 6.45) is -1.45. The molecule has 4 nitrogen and oxygen atoms in total. The lowest BCUT2D eigenvalue weighted by molar-refractivity contribution is -0.137. The molecule has 0 saturated carbocycles. The minimum Gasteiger partial charge on any atom is -0.368 e. The molecule has 0 radical (unpaired) electrons. The average molecular weight is 383 g/mol. The van der Waals surface area contributed by atoms with Crippen molar-refractivity contribution in [1.29, 1.82) is 0 Å². The van der Waals surface area contributed by atoms with Crippen molar-refractivity contribution in [2.75, 3.05) is 44.2 Å². The molecule has 150 valence electrons. The molecule has 1 aromatic rings. The number of piperazine rings is 1. The number of rotatable bonds is 4. The lowest BCUT2D eigenvalue weighted by Gasteiger charge is -2.37. The van der Waals surface area contributed by atoms with Gasteiger partial charge in [0.15, 0.2) is 0 Å². The lowest BCUT2D eigenvalue weighted by atomic mass is 9.85. The first-order chi connectivity index (χ1) is 12.8. The van der Waals surface area contributed by atoms with Gasteiger partial charge < -0.3 is 15.1 Å². The Morgan fingerprint density at radius 2 is 2.00 bits per heavy atom. The van der Waals surface area contributed by atoms with E-state index >= 15 is 0 Å². The number of nitrogens with zero attached hydrogens (tertiary/aromatic N) is 2. The van der Waals surface area contributed by atoms with Crippen LogP contribution in [0.4, 0.5) is 18.9 Å². The Morgan fingerprint density at radius 1 is 1.26 bits per heavy atom. The summed E-state index contributed by atoms with van der Waals surface area (Å²) in [5.41, 5.74) is -0.0630. The molecule has 2 aliphatic rings. The van der Waals surface area contributed by atoms with E-state index in [1.807, 2.05) is 9.80 Å². The second-order valence-electron chi connectivity index (χ2n) is 7.70. The van der Waals surface area contributed by atoms with Crippen LogP contribution in [0.2, 0.25) is 0 Å². The molecule has 1 aromatic carbocycles. The summed E-state index contributed by atoms with van der Waals surface area (Å²) in [6.45, 7) is 6.44. The van der Waals surface area contributed by atoms with E-state index in [4.69, 9.17) is 0 Å². The van der Waals surface area contributed by atoms with Gasteiger partial charge in [0.25, 0.3) is 0 Å². The summed E-state index contributed by atoms with van der Waals surface area (Å²) >= 11 is 0. The van der Waals surface area contributed by atoms with Crippen molar-refractivity contribution >= 4 is 11.6 Å². The number of halogens is 3. The summed E-state index contributed by atoms with van der Waals surface area (Å²) in [6, 6.07) is 5.42. The van der Waals surface area contributed by atoms with Crippen molar-refractivity contribution in [1.82, 2.24) is 10.2 Å². The Bertz CT molecular complexity index is 636. The number of carbonyl (C=O) groups excluding carboxylic acids is 1. The molecule has 0 spiro atoms. The molecule has 2 atom stereocenters. The van der Waals surface area contributed by atoms with Crippen molar-refractivity contribution in [3.05, 3.63) is 29.8 Å². The highest BCUT2D eigenvalue weighted by molar-refractivity contribution is 5.76. The van der Waals surface area contributed by atoms with Crippen LogP contribution in [0.5, 0.6) is 0 Å². The molecule has 0 bridgehead atoms. The second-order valence-corrected chi connectivity index (χ2v) is 7.70. The Balaban J connectivity index is 1.52. The number of hydrogen-bond donors (Lipinski definition) is 1. The standard InChI is InChI=1S/C20H28F3N3O/c1-15(16-4-3-7-24-14-16)12-19(27)26-10-8-25(9-11-26)18-6-2-5-17(13-18)20(21,22)23/h2,5-6,13,15-16,24H,3-4,7-12,14H2,1H3. The van der Waals surface area contributed by atoms with Crippen LogP contribution in [-0.4, -0.2) is 50.1 Å². The van der Waals surface area contributed by atoms with Crippen LogP contribution < -0.4 is 10.2 Å². The third-order valence-electron chi connectivity index (χ3n) is 5.81. The van der Waals surface area contributed by atoms with Gasteiger partial charge in [0.1, 0.15) is 0 Å². The third-order valence-corrected chi connectivity index (χ3v) is 5.81. The molecule has 3 rings (SSSR count). The summed E-state index contributed by atoms with van der Waals surface area (Å²) in [7, 11) is 0. The fourth-order valence-corrected chi connectivity index (χ4v) is 4.03. The zero-order valence-corrected chi connectivity index (χ0v) is 15.8. The lowest BCUT2D eigenvalue weighted by Crippen LogP contribution is -2.49. The molecule has 2 unspecified atom stereocenters. The fourth-order valence-electron chi connectivity index (χ4n) is 4.03. The molecule has 2 saturated heterocycles. The van der Waals surface area contributed by atoms with Gasteiger partial charge in [0.2, 0.25) is 5.91 Å². The highest BCUT2D eigenvalue weighted by Crippen LogP contribution is 2.32. The number of nitrogens with one attached hydrogen (secondary N) is 1. The van der Waals surface area contributed by atoms with Gasteiger partial charge >= 0.3 is 6.18 Å². The molecule has 27 heavy (non-hydrogen) atoms. The number of carbonyl (C=O) groups is 1. The van der Waals surface area contributed by atoms with Crippen LogP contribution in [-0.2, 0) is 11.0 Å². The van der Waals surface area contributed by atoms with Gasteiger partial charge in [0, 0.05) is 38.3 Å². The van der Waals surface area contributed by atoms with Crippen LogP contribution in [0.15, 0.2) is 24.3 Å². The largest absolute Gasteiger partial charge is 0.416 e. The Hall–Kier alpha value is -1.76. The normalized spacial score (nSPS) is 22.6. The van der Waals surface area contributed by atoms with Gasteiger partial charge in [-0.05, 0) is 56.0 Å². The van der Waals surface area contributed by atoms with Crippen molar-refractivity contribution in [3.8, 4) is 0 Å². The van der Waals surface area contributed by atoms with E-state index in [1.165, 1.54) is 25.0 Å². The minimum absolute atomic E-state index is 0.164. The minimum atomic E-state index is -4.34. The van der Waals surface area contributed by atoms with E-state index in [-0.39, 0.29) is 5.91 Å². The van der Waals surface area contributed by atoms with Gasteiger partial charge in [-0.25, -0.2) is 0 Å². The van der Waals surface area contributed by atoms with E-state index < -0.39 is 11.7 Å². The predicted molar refractivity (Wildman–Crippen MR) is 99.6 cm³/mol. The van der Waals surface area contributed by atoms with E-state index in [2.05, 4.69) is 12.2 Å². The number of alkyl halides is 3. The van der Waals surface area contributed by atoms with Crippen LogP contribution in [0.25, 0.3) is 0 Å². The van der Waals surface area contributed by atoms with Gasteiger partial charge in [-0.1, -0.05) is 13.0 Å². The number of piperidine rings is 1. The Kier molecular flexibility index (Phi) is 6.29. The van der Waals surface area contributed by atoms with Crippen molar-refractivity contribution in [2.24, 2.45) is 11.8 Å². The maximum Gasteiger partial charge on any atom is 0.416 e. The van der Waals surface area contributed by atoms with Crippen LogP contribution in [0.1, 0.15) is 31.7 Å². The molecule has 7 heteroatoms. The van der Waals surface area contributed by atoms with Crippen molar-refractivity contribution in [2.45, 2.75) is 32.4 Å². The summed E-state index contributed by atoms with van der Waals surface area (Å²) in [5, 5.41) is 3.40. The van der Waals surface area contributed by atoms with Crippen LogP contribution in [0, 0.1) is 11.8 Å². The quantitative estimate of drug-likeness (QED) is 0.866. The fraction of sp³-hybridized carbons (Fsp3) is 0.650. The molecule has 0 aromatic heterocycles. The van der Waals surface area contributed by atoms with Gasteiger partial charge in [-0.3, -0.25) is 4.79 Å². The summed E-state index contributed by atoms with van der Waals surface area (Å²) in [4.78, 5) is 16.4. The van der Waals surface area contributed by atoms with Crippen LogP contribution >= 0.6 is 0 Å². The number of hydrogen-bond acceptors (Lipinski definition) is 3. The predicted octanol–water partition coefficient (Wildman–Crippen LogP) is 3.38. The smallest absolute Gasteiger partial charge is 0.368 e. The van der Waals surface area contributed by atoms with E-state index in [9.17, 15) is 18.0 Å². The zero-order valence-electron chi connectivity index (χ0n) is 15.8. The van der Waals surface area contributed by atoms with Crippen LogP contribution in [0.3, 0.4) is 0 Å². The van der Waals surface area contributed by atoms with E-state index in [1.54, 1.807) is 6.07 Å². The maximum absolute atomic E-state index is 12.9. The molecule has 1 N–H and O–H groups in total. The van der Waals surface area contributed by atoms with E-state index in [0.717, 1.165) is 19.2 Å². The first-order valence-corrected chi connectivity index (χ1v) is 9.75. The van der Waals surface area contributed by atoms with Crippen molar-refractivity contribution in [3.63, 3.8) is 0 Å². The zero-order chi connectivity index (χ0) is 19.4. The molecule has 2 aliphatic heterocycles. The monoisotopic (exact) mass is 383 g/mol. The van der Waals surface area contributed by atoms with Gasteiger partial charge in [-0.2, -0.15) is 13.2 Å². The molecular weight excluding hydrogens is 355 g/mol. The maximum atomic E-state index is 12.9. The first kappa shape index (κ1) is 20.0. The second kappa shape index (κ2) is 8.50. The molecule has 0 aliphatic carbocycles. The highest BCUT2D eigenvalue weighted by Gasteiger charge is 2.31. The number of benzene rings is 1. The molecule has 2 fully saturated rings. The van der Waals surface area contributed by atoms with Gasteiger partial charge in [0.05, 0.1) is 5.56 Å². The topological polar surface area (TPSA) is 35.6 Å². The third kappa shape index (κ3) is 5.15. The molecule has 2 heterocycles. The Morgan fingerprint density at radius 3 is 2.63 bits per heavy atom. The molecular formula is C20H28F3N3O. The number of amides is 1. The Labute approximate surface area is 158 Å². The van der Waals surface area contributed by atoms with Gasteiger partial charge in [-0.15, -0.1) is 0 Å². The highest BCUT2D eigenvalue weighted by atomic mass is 19.4. The summed E-state index contributed by atoms with van der Waals surface area (Å²) in [5.74, 6) is 1.07. The average Bonchev–Trinajstić information content (AvgIpc) is 2.68. The van der Waals surface area contributed by atoms with Crippen molar-refractivity contribution < 1.29 is 18.0 Å². The first-order valence-electron chi connectivity index (χ1n) is 9.75.